The topological polar surface area (TPSA) is 75.2 Å². The van der Waals surface area contributed by atoms with Gasteiger partial charge in [0.15, 0.2) is 0 Å². The monoisotopic (exact) mass is 510 g/mol. The van der Waals surface area contributed by atoms with E-state index < -0.39 is 6.04 Å². The van der Waals surface area contributed by atoms with Gasteiger partial charge in [-0.25, -0.2) is 4.39 Å². The molecule has 0 radical (unpaired) electrons. The van der Waals surface area contributed by atoms with Crippen LogP contribution >= 0.6 is 0 Å². The van der Waals surface area contributed by atoms with E-state index in [-0.39, 0.29) is 29.6 Å². The molecule has 0 saturated carbocycles. The quantitative estimate of drug-likeness (QED) is 0.332. The van der Waals surface area contributed by atoms with Gasteiger partial charge in [0.2, 0.25) is 5.91 Å². The van der Waals surface area contributed by atoms with Crippen LogP contribution in [0.2, 0.25) is 0 Å². The molecule has 2 heterocycles. The second-order valence-corrected chi connectivity index (χ2v) is 10.1. The standard InChI is InChI=1S/C31H31FN4O2/c1-31(2,3)25-9-11-27(12-10-25)36(30(38)23-14-17-33-18-15-23)28(24-7-5-16-34-21-24)29(37)35-19-13-22-6-4-8-26(32)20-22/h4-12,14-18,20-21,28H,13,19H2,1-3H3,(H,35,37). The minimum Gasteiger partial charge on any atom is -0.354 e. The van der Waals surface area contributed by atoms with Crippen LogP contribution < -0.4 is 10.2 Å². The van der Waals surface area contributed by atoms with E-state index in [1.54, 1.807) is 55.1 Å². The number of benzene rings is 2. The van der Waals surface area contributed by atoms with Gasteiger partial charge < -0.3 is 5.32 Å². The summed E-state index contributed by atoms with van der Waals surface area (Å²) in [5, 5.41) is 2.95. The molecule has 0 aliphatic carbocycles. The highest BCUT2D eigenvalue weighted by molar-refractivity contribution is 6.10. The summed E-state index contributed by atoms with van der Waals surface area (Å²) in [6.07, 6.45) is 6.75. The molecule has 0 aliphatic rings. The molecule has 2 aromatic carbocycles. The number of halogens is 1. The van der Waals surface area contributed by atoms with E-state index in [2.05, 4.69) is 36.1 Å². The predicted molar refractivity (Wildman–Crippen MR) is 146 cm³/mol. The molecule has 0 spiro atoms. The number of hydrogen-bond donors (Lipinski definition) is 1. The maximum atomic E-state index is 13.9. The fourth-order valence-corrected chi connectivity index (χ4v) is 4.21. The molecule has 4 rings (SSSR count). The molecular weight excluding hydrogens is 479 g/mol. The summed E-state index contributed by atoms with van der Waals surface area (Å²) in [6, 6.07) is 19.7. The lowest BCUT2D eigenvalue weighted by atomic mass is 9.87. The number of hydrogen-bond acceptors (Lipinski definition) is 4. The molecule has 0 fully saturated rings. The molecule has 7 heteroatoms. The Hall–Kier alpha value is -4.39. The van der Waals surface area contributed by atoms with Gasteiger partial charge in [-0.3, -0.25) is 24.5 Å². The number of pyridine rings is 2. The number of nitrogens with one attached hydrogen (secondary N) is 1. The highest BCUT2D eigenvalue weighted by Gasteiger charge is 2.33. The van der Waals surface area contributed by atoms with E-state index in [0.29, 0.717) is 23.2 Å². The second kappa shape index (κ2) is 11.8. The van der Waals surface area contributed by atoms with Crippen molar-refractivity contribution in [3.63, 3.8) is 0 Å². The Morgan fingerprint density at radius 2 is 1.66 bits per heavy atom. The van der Waals surface area contributed by atoms with Gasteiger partial charge in [0.1, 0.15) is 11.9 Å². The number of amides is 2. The molecule has 0 aliphatic heterocycles. The number of nitrogens with zero attached hydrogens (tertiary/aromatic N) is 3. The first-order valence-corrected chi connectivity index (χ1v) is 12.5. The van der Waals surface area contributed by atoms with E-state index in [1.165, 1.54) is 17.0 Å². The summed E-state index contributed by atoms with van der Waals surface area (Å²) >= 11 is 0. The van der Waals surface area contributed by atoms with Crippen molar-refractivity contribution < 1.29 is 14.0 Å². The van der Waals surface area contributed by atoms with Crippen molar-refractivity contribution in [2.75, 3.05) is 11.4 Å². The van der Waals surface area contributed by atoms with Crippen molar-refractivity contribution >= 4 is 17.5 Å². The molecule has 4 aromatic rings. The third-order valence-electron chi connectivity index (χ3n) is 6.27. The zero-order valence-electron chi connectivity index (χ0n) is 21.8. The highest BCUT2D eigenvalue weighted by Crippen LogP contribution is 2.32. The Bertz CT molecular complexity index is 1370. The third kappa shape index (κ3) is 6.48. The number of rotatable bonds is 8. The summed E-state index contributed by atoms with van der Waals surface area (Å²) in [7, 11) is 0. The maximum Gasteiger partial charge on any atom is 0.259 e. The van der Waals surface area contributed by atoms with Gasteiger partial charge in [-0.05, 0) is 65.4 Å². The first kappa shape index (κ1) is 26.7. The Balaban J connectivity index is 1.71. The van der Waals surface area contributed by atoms with Crippen molar-refractivity contribution in [1.29, 1.82) is 0 Å². The molecule has 194 valence electrons. The predicted octanol–water partition coefficient (Wildman–Crippen LogP) is 5.66. The number of aromatic nitrogens is 2. The van der Waals surface area contributed by atoms with Crippen LogP contribution in [0.25, 0.3) is 0 Å². The van der Waals surface area contributed by atoms with Gasteiger partial charge in [-0.1, -0.05) is 51.1 Å². The molecule has 1 unspecified atom stereocenters. The van der Waals surface area contributed by atoms with Crippen LogP contribution in [-0.2, 0) is 16.6 Å². The van der Waals surface area contributed by atoms with Gasteiger partial charge in [-0.2, -0.15) is 0 Å². The molecule has 38 heavy (non-hydrogen) atoms. The average molecular weight is 511 g/mol. The van der Waals surface area contributed by atoms with Crippen LogP contribution in [0.3, 0.4) is 0 Å². The van der Waals surface area contributed by atoms with E-state index in [1.807, 2.05) is 30.3 Å². The number of carbonyl (C=O) groups is 2. The molecule has 0 bridgehead atoms. The molecular formula is C31H31FN4O2. The Morgan fingerprint density at radius 1 is 0.921 bits per heavy atom. The van der Waals surface area contributed by atoms with E-state index in [9.17, 15) is 14.0 Å². The smallest absolute Gasteiger partial charge is 0.259 e. The van der Waals surface area contributed by atoms with Gasteiger partial charge in [0.05, 0.1) is 0 Å². The maximum absolute atomic E-state index is 13.9. The first-order valence-electron chi connectivity index (χ1n) is 12.5. The molecule has 6 nitrogen and oxygen atoms in total. The van der Waals surface area contributed by atoms with Crippen LogP contribution in [0.5, 0.6) is 0 Å². The summed E-state index contributed by atoms with van der Waals surface area (Å²) in [6.45, 7) is 6.63. The van der Waals surface area contributed by atoms with E-state index >= 15 is 0 Å². The highest BCUT2D eigenvalue weighted by atomic mass is 19.1. The Morgan fingerprint density at radius 3 is 2.29 bits per heavy atom. The lowest BCUT2D eigenvalue weighted by molar-refractivity contribution is -0.122. The van der Waals surface area contributed by atoms with Gasteiger partial charge in [0, 0.05) is 48.1 Å². The number of anilines is 1. The van der Waals surface area contributed by atoms with E-state index in [0.717, 1.165) is 11.1 Å². The first-order chi connectivity index (χ1) is 18.2. The van der Waals surface area contributed by atoms with E-state index in [4.69, 9.17) is 0 Å². The van der Waals surface area contributed by atoms with Crippen molar-refractivity contribution in [2.45, 2.75) is 38.6 Å². The zero-order chi connectivity index (χ0) is 27.1. The SMILES string of the molecule is CC(C)(C)c1ccc(N(C(=O)c2ccncc2)C(C(=O)NCCc2cccc(F)c2)c2cccnc2)cc1. The van der Waals surface area contributed by atoms with Crippen LogP contribution in [0.4, 0.5) is 10.1 Å². The average Bonchev–Trinajstić information content (AvgIpc) is 2.92. The van der Waals surface area contributed by atoms with Gasteiger partial charge in [-0.15, -0.1) is 0 Å². The fraction of sp³-hybridized carbons (Fsp3) is 0.226. The normalized spacial score (nSPS) is 12.0. The number of carbonyl (C=O) groups excluding carboxylic acids is 2. The van der Waals surface area contributed by atoms with Gasteiger partial charge >= 0.3 is 0 Å². The lowest BCUT2D eigenvalue weighted by Crippen LogP contribution is -2.44. The third-order valence-corrected chi connectivity index (χ3v) is 6.27. The minimum absolute atomic E-state index is 0.0739. The zero-order valence-corrected chi connectivity index (χ0v) is 21.8. The van der Waals surface area contributed by atoms with Crippen molar-refractivity contribution in [2.24, 2.45) is 0 Å². The largest absolute Gasteiger partial charge is 0.354 e. The lowest BCUT2D eigenvalue weighted by Gasteiger charge is -2.32. The Kier molecular flexibility index (Phi) is 8.26. The molecule has 0 saturated heterocycles. The van der Waals surface area contributed by atoms with Crippen LogP contribution in [0, 0.1) is 5.82 Å². The summed E-state index contributed by atoms with van der Waals surface area (Å²) in [4.78, 5) is 37.4. The van der Waals surface area contributed by atoms with Crippen molar-refractivity contribution in [3.05, 3.63) is 126 Å². The molecule has 1 atom stereocenters. The minimum atomic E-state index is -0.989. The van der Waals surface area contributed by atoms with Crippen molar-refractivity contribution in [3.8, 4) is 0 Å². The van der Waals surface area contributed by atoms with Crippen LogP contribution in [-0.4, -0.2) is 28.3 Å². The summed E-state index contributed by atoms with van der Waals surface area (Å²) in [5.74, 6) is -1.03. The second-order valence-electron chi connectivity index (χ2n) is 10.1. The van der Waals surface area contributed by atoms with Gasteiger partial charge in [0.25, 0.3) is 5.91 Å². The van der Waals surface area contributed by atoms with Crippen LogP contribution in [0.1, 0.15) is 53.9 Å². The fourth-order valence-electron chi connectivity index (χ4n) is 4.21. The summed E-state index contributed by atoms with van der Waals surface area (Å²) < 4.78 is 13.6. The molecule has 1 N–H and O–H groups in total. The van der Waals surface area contributed by atoms with Crippen LogP contribution in [0.15, 0.2) is 97.6 Å². The Labute approximate surface area is 222 Å². The molecule has 2 amide bonds. The van der Waals surface area contributed by atoms with Crippen molar-refractivity contribution in [1.82, 2.24) is 15.3 Å². The molecule has 2 aromatic heterocycles. The summed E-state index contributed by atoms with van der Waals surface area (Å²) in [5.41, 5.74) is 3.35.